The van der Waals surface area contributed by atoms with Gasteiger partial charge in [0.25, 0.3) is 0 Å². The molecule has 3 saturated carbocycles. The molecule has 3 aliphatic carbocycles. The second-order valence-electron chi connectivity index (χ2n) is 7.30. The van der Waals surface area contributed by atoms with Crippen molar-refractivity contribution in [3.8, 4) is 0 Å². The van der Waals surface area contributed by atoms with Gasteiger partial charge in [-0.25, -0.2) is 0 Å². The molecule has 0 aliphatic heterocycles. The highest BCUT2D eigenvalue weighted by Crippen LogP contribution is 2.48. The molecule has 108 valence electrons. The summed E-state index contributed by atoms with van der Waals surface area (Å²) in [5.41, 5.74) is 6.31. The van der Waals surface area contributed by atoms with Crippen molar-refractivity contribution in [2.45, 2.75) is 64.0 Å². The molecule has 4 atom stereocenters. The average molecular weight is 264 g/mol. The van der Waals surface area contributed by atoms with Gasteiger partial charge >= 0.3 is 0 Å². The first-order valence-electron chi connectivity index (χ1n) is 8.10. The lowest BCUT2D eigenvalue weighted by Crippen LogP contribution is -2.49. The van der Waals surface area contributed by atoms with Crippen LogP contribution in [0.1, 0.15) is 51.9 Å². The molecule has 0 aromatic rings. The quantitative estimate of drug-likeness (QED) is 0.832. The van der Waals surface area contributed by atoms with Crippen molar-refractivity contribution in [2.24, 2.45) is 29.4 Å². The Morgan fingerprint density at radius 3 is 2.26 bits per heavy atom. The van der Waals surface area contributed by atoms with Crippen LogP contribution in [0.3, 0.4) is 0 Å². The van der Waals surface area contributed by atoms with E-state index >= 15 is 0 Å². The van der Waals surface area contributed by atoms with Crippen LogP contribution in [-0.4, -0.2) is 29.9 Å². The third-order valence-corrected chi connectivity index (χ3v) is 6.15. The average Bonchev–Trinajstić information content (AvgIpc) is 2.99. The number of fused-ring (bicyclic) bond motifs is 2. The second kappa shape index (κ2) is 5.08. The Hall–Kier alpha value is -0.570. The van der Waals surface area contributed by atoms with Crippen LogP contribution in [0.5, 0.6) is 0 Å². The molecule has 3 heteroatoms. The molecule has 0 heterocycles. The standard InChI is InChI=1S/C16H28N2O/c1-10-3-7-13(8-4-10)18(2)16(19)14-11-5-6-12(9-11)15(14)17/h10-15H,3-9,17H2,1-2H3. The fraction of sp³-hybridized carbons (Fsp3) is 0.938. The number of amides is 1. The van der Waals surface area contributed by atoms with Gasteiger partial charge in [-0.2, -0.15) is 0 Å². The Kier molecular flexibility index (Phi) is 3.59. The highest BCUT2D eigenvalue weighted by atomic mass is 16.2. The zero-order valence-electron chi connectivity index (χ0n) is 12.3. The molecule has 0 aromatic heterocycles. The lowest BCUT2D eigenvalue weighted by molar-refractivity contribution is -0.139. The van der Waals surface area contributed by atoms with Crippen molar-refractivity contribution in [3.05, 3.63) is 0 Å². The Morgan fingerprint density at radius 1 is 1.05 bits per heavy atom. The van der Waals surface area contributed by atoms with E-state index in [-0.39, 0.29) is 12.0 Å². The Bertz CT molecular complexity index is 347. The van der Waals surface area contributed by atoms with Gasteiger partial charge in [0, 0.05) is 19.1 Å². The fourth-order valence-corrected chi connectivity index (χ4v) is 4.75. The summed E-state index contributed by atoms with van der Waals surface area (Å²) in [6.07, 6.45) is 8.58. The molecule has 3 fully saturated rings. The van der Waals surface area contributed by atoms with E-state index in [0.29, 0.717) is 23.8 Å². The molecular weight excluding hydrogens is 236 g/mol. The summed E-state index contributed by atoms with van der Waals surface area (Å²) in [6, 6.07) is 0.603. The third-order valence-electron chi connectivity index (χ3n) is 6.15. The molecule has 19 heavy (non-hydrogen) atoms. The molecule has 4 unspecified atom stereocenters. The van der Waals surface area contributed by atoms with Crippen molar-refractivity contribution in [2.75, 3.05) is 7.05 Å². The summed E-state index contributed by atoms with van der Waals surface area (Å²) in [5, 5.41) is 0. The molecule has 1 amide bonds. The summed E-state index contributed by atoms with van der Waals surface area (Å²) < 4.78 is 0. The minimum atomic E-state index is 0.128. The molecule has 2 bridgehead atoms. The molecule has 0 spiro atoms. The van der Waals surface area contributed by atoms with Crippen LogP contribution in [0, 0.1) is 23.7 Å². The Morgan fingerprint density at radius 2 is 1.68 bits per heavy atom. The van der Waals surface area contributed by atoms with Gasteiger partial charge in [-0.15, -0.1) is 0 Å². The number of hydrogen-bond acceptors (Lipinski definition) is 2. The summed E-state index contributed by atoms with van der Waals surface area (Å²) >= 11 is 0. The highest BCUT2D eigenvalue weighted by Gasteiger charge is 2.50. The lowest BCUT2D eigenvalue weighted by atomic mass is 9.82. The smallest absolute Gasteiger partial charge is 0.227 e. The maximum atomic E-state index is 12.8. The number of hydrogen-bond donors (Lipinski definition) is 1. The number of nitrogens with zero attached hydrogens (tertiary/aromatic N) is 1. The topological polar surface area (TPSA) is 46.3 Å². The van der Waals surface area contributed by atoms with Gasteiger partial charge in [0.2, 0.25) is 5.91 Å². The normalized spacial score (nSPS) is 45.4. The van der Waals surface area contributed by atoms with E-state index in [1.807, 2.05) is 7.05 Å². The number of rotatable bonds is 2. The fourth-order valence-electron chi connectivity index (χ4n) is 4.75. The van der Waals surface area contributed by atoms with Crippen LogP contribution in [0.25, 0.3) is 0 Å². The van der Waals surface area contributed by atoms with E-state index < -0.39 is 0 Å². The zero-order valence-corrected chi connectivity index (χ0v) is 12.3. The SMILES string of the molecule is CC1CCC(N(C)C(=O)C2C3CCC(C3)C2N)CC1. The van der Waals surface area contributed by atoms with Crippen molar-refractivity contribution in [1.29, 1.82) is 0 Å². The number of carbonyl (C=O) groups is 1. The van der Waals surface area contributed by atoms with E-state index in [9.17, 15) is 4.79 Å². The predicted octanol–water partition coefficient (Wildman–Crippen LogP) is 2.40. The summed E-state index contributed by atoms with van der Waals surface area (Å²) in [4.78, 5) is 14.8. The first-order valence-corrected chi connectivity index (χ1v) is 8.10. The molecule has 3 nitrogen and oxygen atoms in total. The lowest BCUT2D eigenvalue weighted by Gasteiger charge is -2.37. The maximum Gasteiger partial charge on any atom is 0.227 e. The van der Waals surface area contributed by atoms with Crippen molar-refractivity contribution in [1.82, 2.24) is 4.90 Å². The van der Waals surface area contributed by atoms with Crippen LogP contribution >= 0.6 is 0 Å². The highest BCUT2D eigenvalue weighted by molar-refractivity contribution is 5.80. The van der Waals surface area contributed by atoms with Crippen LogP contribution in [0.15, 0.2) is 0 Å². The second-order valence-corrected chi connectivity index (χ2v) is 7.30. The van der Waals surface area contributed by atoms with Crippen molar-refractivity contribution in [3.63, 3.8) is 0 Å². The predicted molar refractivity (Wildman–Crippen MR) is 76.5 cm³/mol. The van der Waals surface area contributed by atoms with E-state index in [0.717, 1.165) is 5.92 Å². The van der Waals surface area contributed by atoms with Gasteiger partial charge in [0.15, 0.2) is 0 Å². The minimum absolute atomic E-state index is 0.128. The molecule has 0 saturated heterocycles. The van der Waals surface area contributed by atoms with Crippen LogP contribution in [0.4, 0.5) is 0 Å². The summed E-state index contributed by atoms with van der Waals surface area (Å²) in [7, 11) is 2.02. The Balaban J connectivity index is 1.63. The van der Waals surface area contributed by atoms with E-state index in [1.165, 1.54) is 44.9 Å². The van der Waals surface area contributed by atoms with Gasteiger partial charge in [0.1, 0.15) is 0 Å². The van der Waals surface area contributed by atoms with Gasteiger partial charge in [-0.3, -0.25) is 4.79 Å². The van der Waals surface area contributed by atoms with E-state index in [2.05, 4.69) is 11.8 Å². The van der Waals surface area contributed by atoms with Crippen molar-refractivity contribution < 1.29 is 4.79 Å². The Labute approximate surface area is 116 Å². The molecule has 0 aromatic carbocycles. The molecular formula is C16H28N2O. The third kappa shape index (κ3) is 2.31. The number of carbonyl (C=O) groups excluding carboxylic acids is 1. The monoisotopic (exact) mass is 264 g/mol. The summed E-state index contributed by atoms with van der Waals surface area (Å²) in [5.74, 6) is 2.52. The molecule has 0 radical (unpaired) electrons. The first kappa shape index (κ1) is 13.4. The maximum absolute atomic E-state index is 12.8. The summed E-state index contributed by atoms with van der Waals surface area (Å²) in [6.45, 7) is 2.32. The zero-order chi connectivity index (χ0) is 13.6. The van der Waals surface area contributed by atoms with Gasteiger partial charge in [-0.05, 0) is 62.7 Å². The molecule has 3 rings (SSSR count). The number of nitrogens with two attached hydrogens (primary N) is 1. The van der Waals surface area contributed by atoms with E-state index in [4.69, 9.17) is 5.73 Å². The molecule has 3 aliphatic rings. The molecule has 2 N–H and O–H groups in total. The van der Waals surface area contributed by atoms with Crippen LogP contribution < -0.4 is 5.73 Å². The van der Waals surface area contributed by atoms with Gasteiger partial charge in [-0.1, -0.05) is 6.92 Å². The van der Waals surface area contributed by atoms with E-state index in [1.54, 1.807) is 0 Å². The van der Waals surface area contributed by atoms with Crippen LogP contribution in [0.2, 0.25) is 0 Å². The largest absolute Gasteiger partial charge is 0.342 e. The van der Waals surface area contributed by atoms with Crippen LogP contribution in [-0.2, 0) is 4.79 Å². The minimum Gasteiger partial charge on any atom is -0.342 e. The van der Waals surface area contributed by atoms with Crippen molar-refractivity contribution >= 4 is 5.91 Å². The first-order chi connectivity index (χ1) is 9.08. The van der Waals surface area contributed by atoms with Gasteiger partial charge < -0.3 is 10.6 Å². The van der Waals surface area contributed by atoms with Gasteiger partial charge in [0.05, 0.1) is 5.92 Å².